The molecule has 0 radical (unpaired) electrons. The number of hydrogen-bond acceptors (Lipinski definition) is 5. The number of aliphatic hydroxyl groups excluding tert-OH is 1. The van der Waals surface area contributed by atoms with E-state index >= 15 is 0 Å². The summed E-state index contributed by atoms with van der Waals surface area (Å²) >= 11 is 3.23. The lowest BCUT2D eigenvalue weighted by atomic mass is 10.1. The summed E-state index contributed by atoms with van der Waals surface area (Å²) in [5.41, 5.74) is 5.57. The number of halogens is 1. The molecule has 0 aliphatic heterocycles. The van der Waals surface area contributed by atoms with Gasteiger partial charge in [0.2, 0.25) is 5.95 Å². The quantitative estimate of drug-likeness (QED) is 0.720. The van der Waals surface area contributed by atoms with E-state index in [0.717, 1.165) is 0 Å². The van der Waals surface area contributed by atoms with Gasteiger partial charge >= 0.3 is 0 Å². The highest BCUT2D eigenvalue weighted by Gasteiger charge is 2.13. The smallest absolute Gasteiger partial charge is 0.226 e. The number of aliphatic hydroxyl groups is 1. The number of nitrogen functional groups attached to an aromatic ring is 1. The van der Waals surface area contributed by atoms with E-state index in [-0.39, 0.29) is 12.6 Å². The number of rotatable bonds is 4. The molecule has 15 heavy (non-hydrogen) atoms. The van der Waals surface area contributed by atoms with Gasteiger partial charge in [0.1, 0.15) is 10.4 Å². The van der Waals surface area contributed by atoms with Crippen LogP contribution in [0.1, 0.15) is 13.8 Å². The summed E-state index contributed by atoms with van der Waals surface area (Å²) in [6, 6.07) is 1.55. The second-order valence-electron chi connectivity index (χ2n) is 3.62. The van der Waals surface area contributed by atoms with Crippen LogP contribution in [-0.2, 0) is 0 Å². The molecule has 0 saturated carbocycles. The van der Waals surface area contributed by atoms with Gasteiger partial charge in [-0.05, 0) is 21.8 Å². The van der Waals surface area contributed by atoms with Gasteiger partial charge in [0.15, 0.2) is 0 Å². The summed E-state index contributed by atoms with van der Waals surface area (Å²) in [5, 5.41) is 12.2. The van der Waals surface area contributed by atoms with Crippen molar-refractivity contribution in [3.05, 3.63) is 10.7 Å². The van der Waals surface area contributed by atoms with Gasteiger partial charge in [-0.3, -0.25) is 0 Å². The molecule has 1 rings (SSSR count). The number of anilines is 2. The van der Waals surface area contributed by atoms with Crippen molar-refractivity contribution in [2.45, 2.75) is 19.9 Å². The Bertz CT molecular complexity index is 312. The van der Waals surface area contributed by atoms with Gasteiger partial charge in [0.05, 0.1) is 12.6 Å². The topological polar surface area (TPSA) is 84.1 Å². The second kappa shape index (κ2) is 5.27. The molecule has 84 valence electrons. The van der Waals surface area contributed by atoms with Crippen molar-refractivity contribution in [2.24, 2.45) is 5.92 Å². The SMILES string of the molecule is CC(C)C(CO)Nc1nc(N)cc(Br)n1. The van der Waals surface area contributed by atoms with E-state index in [2.05, 4.69) is 31.2 Å². The van der Waals surface area contributed by atoms with Crippen molar-refractivity contribution in [3.63, 3.8) is 0 Å². The van der Waals surface area contributed by atoms with Crippen LogP contribution in [0, 0.1) is 5.92 Å². The summed E-state index contributed by atoms with van der Waals surface area (Å²) in [7, 11) is 0. The first-order valence-electron chi connectivity index (χ1n) is 4.70. The largest absolute Gasteiger partial charge is 0.394 e. The van der Waals surface area contributed by atoms with E-state index in [1.807, 2.05) is 13.8 Å². The van der Waals surface area contributed by atoms with Gasteiger partial charge < -0.3 is 16.2 Å². The fraction of sp³-hybridized carbons (Fsp3) is 0.556. The van der Waals surface area contributed by atoms with Crippen molar-refractivity contribution in [1.82, 2.24) is 9.97 Å². The van der Waals surface area contributed by atoms with Crippen LogP contribution in [0.25, 0.3) is 0 Å². The third-order valence-corrected chi connectivity index (χ3v) is 2.44. The molecular formula is C9H15BrN4O. The number of nitrogens with two attached hydrogens (primary N) is 1. The maximum atomic E-state index is 9.14. The Morgan fingerprint density at radius 2 is 2.20 bits per heavy atom. The summed E-state index contributed by atoms with van der Waals surface area (Å²) in [5.74, 6) is 1.10. The molecule has 0 aliphatic carbocycles. The molecule has 0 spiro atoms. The van der Waals surface area contributed by atoms with Gasteiger partial charge in [0.25, 0.3) is 0 Å². The van der Waals surface area contributed by atoms with Crippen molar-refractivity contribution in [1.29, 1.82) is 0 Å². The Morgan fingerprint density at radius 1 is 1.53 bits per heavy atom. The van der Waals surface area contributed by atoms with Crippen LogP contribution in [0.5, 0.6) is 0 Å². The van der Waals surface area contributed by atoms with Gasteiger partial charge in [-0.2, -0.15) is 4.98 Å². The fourth-order valence-corrected chi connectivity index (χ4v) is 1.49. The van der Waals surface area contributed by atoms with E-state index in [9.17, 15) is 0 Å². The molecule has 0 amide bonds. The van der Waals surface area contributed by atoms with Gasteiger partial charge in [0, 0.05) is 6.07 Å². The minimum absolute atomic E-state index is 0.0352. The van der Waals surface area contributed by atoms with Crippen molar-refractivity contribution in [2.75, 3.05) is 17.7 Å². The lowest BCUT2D eigenvalue weighted by molar-refractivity contribution is 0.248. The molecule has 0 saturated heterocycles. The lowest BCUT2D eigenvalue weighted by Crippen LogP contribution is -2.30. The monoisotopic (exact) mass is 274 g/mol. The lowest BCUT2D eigenvalue weighted by Gasteiger charge is -2.19. The predicted molar refractivity (Wildman–Crippen MR) is 63.5 cm³/mol. The van der Waals surface area contributed by atoms with Crippen LogP contribution in [0.3, 0.4) is 0 Å². The first kappa shape index (κ1) is 12.2. The fourth-order valence-electron chi connectivity index (χ4n) is 1.09. The van der Waals surface area contributed by atoms with Crippen LogP contribution >= 0.6 is 15.9 Å². The molecule has 1 unspecified atom stereocenters. The van der Waals surface area contributed by atoms with Crippen molar-refractivity contribution in [3.8, 4) is 0 Å². The molecule has 1 heterocycles. The van der Waals surface area contributed by atoms with Crippen LogP contribution in [0.4, 0.5) is 11.8 Å². The highest BCUT2D eigenvalue weighted by atomic mass is 79.9. The predicted octanol–water partition coefficient (Wildman–Crippen LogP) is 1.25. The third-order valence-electron chi connectivity index (χ3n) is 2.03. The Hall–Kier alpha value is -0.880. The van der Waals surface area contributed by atoms with Gasteiger partial charge in [-0.15, -0.1) is 0 Å². The third kappa shape index (κ3) is 3.64. The standard InChI is InChI=1S/C9H15BrN4O/c1-5(2)6(4-15)12-9-13-7(10)3-8(11)14-9/h3,5-6,15H,4H2,1-2H3,(H3,11,12,13,14). The number of nitrogens with one attached hydrogen (secondary N) is 1. The molecule has 0 aromatic carbocycles. The molecule has 0 bridgehead atoms. The van der Waals surface area contributed by atoms with E-state index in [0.29, 0.717) is 22.3 Å². The zero-order valence-electron chi connectivity index (χ0n) is 8.74. The van der Waals surface area contributed by atoms with E-state index in [1.54, 1.807) is 6.07 Å². The average Bonchev–Trinajstić information content (AvgIpc) is 2.12. The van der Waals surface area contributed by atoms with Gasteiger partial charge in [-0.1, -0.05) is 13.8 Å². The highest BCUT2D eigenvalue weighted by molar-refractivity contribution is 9.10. The van der Waals surface area contributed by atoms with Crippen LogP contribution < -0.4 is 11.1 Å². The first-order valence-corrected chi connectivity index (χ1v) is 5.49. The Kier molecular flexibility index (Phi) is 4.28. The average molecular weight is 275 g/mol. The molecular weight excluding hydrogens is 260 g/mol. The highest BCUT2D eigenvalue weighted by Crippen LogP contribution is 2.14. The maximum Gasteiger partial charge on any atom is 0.226 e. The zero-order chi connectivity index (χ0) is 11.4. The molecule has 1 aromatic heterocycles. The Balaban J connectivity index is 2.79. The Morgan fingerprint density at radius 3 is 2.67 bits per heavy atom. The van der Waals surface area contributed by atoms with E-state index < -0.39 is 0 Å². The number of aromatic nitrogens is 2. The molecule has 1 atom stereocenters. The van der Waals surface area contributed by atoms with Crippen LogP contribution in [0.2, 0.25) is 0 Å². The minimum atomic E-state index is -0.0706. The van der Waals surface area contributed by atoms with Crippen molar-refractivity contribution >= 4 is 27.7 Å². The molecule has 5 nitrogen and oxygen atoms in total. The summed E-state index contributed by atoms with van der Waals surface area (Å²) in [6.07, 6.45) is 0. The van der Waals surface area contributed by atoms with Gasteiger partial charge in [-0.25, -0.2) is 4.98 Å². The Labute approximate surface area is 97.2 Å². The first-order chi connectivity index (χ1) is 7.02. The summed E-state index contributed by atoms with van der Waals surface area (Å²) in [6.45, 7) is 4.05. The maximum absolute atomic E-state index is 9.14. The van der Waals surface area contributed by atoms with E-state index in [1.165, 1.54) is 0 Å². The molecule has 0 aliphatic rings. The minimum Gasteiger partial charge on any atom is -0.394 e. The second-order valence-corrected chi connectivity index (χ2v) is 4.43. The zero-order valence-corrected chi connectivity index (χ0v) is 10.3. The summed E-state index contributed by atoms with van der Waals surface area (Å²) in [4.78, 5) is 8.13. The molecule has 1 aromatic rings. The van der Waals surface area contributed by atoms with E-state index in [4.69, 9.17) is 10.8 Å². The number of nitrogens with zero attached hydrogens (tertiary/aromatic N) is 2. The molecule has 0 fully saturated rings. The molecule has 4 N–H and O–H groups in total. The van der Waals surface area contributed by atoms with Crippen molar-refractivity contribution < 1.29 is 5.11 Å². The molecule has 6 heteroatoms. The normalized spacial score (nSPS) is 12.9. The van der Waals surface area contributed by atoms with Crippen LogP contribution in [0.15, 0.2) is 10.7 Å². The number of hydrogen-bond donors (Lipinski definition) is 3. The van der Waals surface area contributed by atoms with Crippen LogP contribution in [-0.4, -0.2) is 27.7 Å². The summed E-state index contributed by atoms with van der Waals surface area (Å²) < 4.78 is 0.623.